The SMILES string of the molecule is Cc1c(C(=O)NCc2ccccc2F)sc2ncnc(N3CCCC3)c12. The summed E-state index contributed by atoms with van der Waals surface area (Å²) in [6, 6.07) is 6.46. The van der Waals surface area contributed by atoms with Crippen LogP contribution in [0.25, 0.3) is 10.2 Å². The van der Waals surface area contributed by atoms with Crippen LogP contribution >= 0.6 is 11.3 Å². The zero-order chi connectivity index (χ0) is 18.1. The average molecular weight is 370 g/mol. The molecular formula is C19H19FN4OS. The fraction of sp³-hybridized carbons (Fsp3) is 0.316. The summed E-state index contributed by atoms with van der Waals surface area (Å²) in [6.45, 7) is 4.05. The van der Waals surface area contributed by atoms with Gasteiger partial charge in [-0.05, 0) is 31.4 Å². The fourth-order valence-electron chi connectivity index (χ4n) is 3.34. The number of nitrogens with one attached hydrogen (secondary N) is 1. The largest absolute Gasteiger partial charge is 0.356 e. The molecule has 1 aliphatic rings. The maximum absolute atomic E-state index is 13.7. The van der Waals surface area contributed by atoms with Crippen LogP contribution < -0.4 is 10.2 Å². The Morgan fingerprint density at radius 3 is 2.81 bits per heavy atom. The lowest BCUT2D eigenvalue weighted by Crippen LogP contribution is -2.23. The predicted octanol–water partition coefficient (Wildman–Crippen LogP) is 3.67. The van der Waals surface area contributed by atoms with Crippen molar-refractivity contribution in [1.29, 1.82) is 0 Å². The number of aromatic nitrogens is 2. The van der Waals surface area contributed by atoms with E-state index < -0.39 is 0 Å². The number of anilines is 1. The Kier molecular flexibility index (Phi) is 4.55. The van der Waals surface area contributed by atoms with E-state index in [0.29, 0.717) is 10.4 Å². The molecule has 1 amide bonds. The van der Waals surface area contributed by atoms with Crippen molar-refractivity contribution in [3.8, 4) is 0 Å². The van der Waals surface area contributed by atoms with Gasteiger partial charge in [0.15, 0.2) is 0 Å². The lowest BCUT2D eigenvalue weighted by molar-refractivity contribution is 0.0954. The summed E-state index contributed by atoms with van der Waals surface area (Å²) in [5, 5.41) is 3.77. The topological polar surface area (TPSA) is 58.1 Å². The highest BCUT2D eigenvalue weighted by Crippen LogP contribution is 2.35. The number of thiophene rings is 1. The first-order valence-corrected chi connectivity index (χ1v) is 9.47. The fourth-order valence-corrected chi connectivity index (χ4v) is 4.40. The van der Waals surface area contributed by atoms with Gasteiger partial charge in [-0.15, -0.1) is 11.3 Å². The van der Waals surface area contributed by atoms with Crippen molar-refractivity contribution in [2.45, 2.75) is 26.3 Å². The summed E-state index contributed by atoms with van der Waals surface area (Å²) in [7, 11) is 0. The number of rotatable bonds is 4. The standard InChI is InChI=1S/C19H19FN4OS/c1-12-15-17(24-8-4-5-9-24)22-11-23-19(15)26-16(12)18(25)21-10-13-6-2-3-7-14(13)20/h2-3,6-7,11H,4-5,8-10H2,1H3,(H,21,25). The van der Waals surface area contributed by atoms with Crippen molar-refractivity contribution in [2.75, 3.05) is 18.0 Å². The molecule has 26 heavy (non-hydrogen) atoms. The molecule has 1 saturated heterocycles. The van der Waals surface area contributed by atoms with Crippen LogP contribution in [0, 0.1) is 12.7 Å². The first-order valence-electron chi connectivity index (χ1n) is 8.66. The summed E-state index contributed by atoms with van der Waals surface area (Å²) >= 11 is 1.36. The van der Waals surface area contributed by atoms with Crippen LogP contribution in [-0.2, 0) is 6.54 Å². The third-order valence-corrected chi connectivity index (χ3v) is 5.91. The molecule has 1 fully saturated rings. The van der Waals surface area contributed by atoms with Gasteiger partial charge in [0.1, 0.15) is 22.8 Å². The van der Waals surface area contributed by atoms with Gasteiger partial charge in [-0.2, -0.15) is 0 Å². The van der Waals surface area contributed by atoms with E-state index in [9.17, 15) is 9.18 Å². The zero-order valence-electron chi connectivity index (χ0n) is 14.5. The second kappa shape index (κ2) is 6.99. The third kappa shape index (κ3) is 3.03. The number of fused-ring (bicyclic) bond motifs is 1. The minimum absolute atomic E-state index is 0.157. The van der Waals surface area contributed by atoms with E-state index in [4.69, 9.17) is 0 Å². The van der Waals surface area contributed by atoms with E-state index in [0.717, 1.165) is 47.5 Å². The highest BCUT2D eigenvalue weighted by molar-refractivity contribution is 7.20. The summed E-state index contributed by atoms with van der Waals surface area (Å²) in [6.07, 6.45) is 3.88. The van der Waals surface area contributed by atoms with Crippen molar-refractivity contribution in [3.05, 3.63) is 52.4 Å². The molecule has 0 radical (unpaired) electrons. The Labute approximate surface area is 154 Å². The van der Waals surface area contributed by atoms with Crippen LogP contribution in [0.4, 0.5) is 10.2 Å². The van der Waals surface area contributed by atoms with E-state index >= 15 is 0 Å². The molecule has 134 valence electrons. The number of hydrogen-bond acceptors (Lipinski definition) is 5. The summed E-state index contributed by atoms with van der Waals surface area (Å²) in [4.78, 5) is 25.2. The molecule has 1 aliphatic heterocycles. The number of halogens is 1. The number of amides is 1. The van der Waals surface area contributed by atoms with E-state index in [2.05, 4.69) is 20.2 Å². The smallest absolute Gasteiger partial charge is 0.261 e. The minimum atomic E-state index is -0.317. The molecule has 1 N–H and O–H groups in total. The van der Waals surface area contributed by atoms with E-state index in [1.165, 1.54) is 17.4 Å². The Balaban J connectivity index is 1.62. The van der Waals surface area contributed by atoms with Gasteiger partial charge >= 0.3 is 0 Å². The molecule has 4 rings (SSSR count). The predicted molar refractivity (Wildman–Crippen MR) is 101 cm³/mol. The Bertz CT molecular complexity index is 965. The van der Waals surface area contributed by atoms with Crippen LogP contribution in [-0.4, -0.2) is 29.0 Å². The lowest BCUT2D eigenvalue weighted by Gasteiger charge is -2.17. The highest BCUT2D eigenvalue weighted by atomic mass is 32.1. The number of benzene rings is 1. The van der Waals surface area contributed by atoms with E-state index in [1.54, 1.807) is 24.5 Å². The molecule has 0 bridgehead atoms. The zero-order valence-corrected chi connectivity index (χ0v) is 15.3. The van der Waals surface area contributed by atoms with Gasteiger partial charge in [0.05, 0.1) is 10.3 Å². The van der Waals surface area contributed by atoms with Gasteiger partial charge < -0.3 is 10.2 Å². The van der Waals surface area contributed by atoms with Crippen molar-refractivity contribution in [2.24, 2.45) is 0 Å². The number of nitrogens with zero attached hydrogens (tertiary/aromatic N) is 3. The second-order valence-electron chi connectivity index (χ2n) is 6.40. The highest BCUT2D eigenvalue weighted by Gasteiger charge is 2.23. The Hall–Kier alpha value is -2.54. The molecule has 3 aromatic rings. The molecule has 0 spiro atoms. The molecule has 5 nitrogen and oxygen atoms in total. The van der Waals surface area contributed by atoms with Gasteiger partial charge in [-0.25, -0.2) is 14.4 Å². The second-order valence-corrected chi connectivity index (χ2v) is 7.40. The number of hydrogen-bond donors (Lipinski definition) is 1. The molecule has 0 unspecified atom stereocenters. The maximum atomic E-state index is 13.7. The van der Waals surface area contributed by atoms with Gasteiger partial charge in [-0.3, -0.25) is 4.79 Å². The molecule has 1 aromatic carbocycles. The number of carbonyl (C=O) groups excluding carboxylic acids is 1. The monoisotopic (exact) mass is 370 g/mol. The molecule has 3 heterocycles. The summed E-state index contributed by atoms with van der Waals surface area (Å²) < 4.78 is 13.7. The van der Waals surface area contributed by atoms with Crippen molar-refractivity contribution >= 4 is 33.3 Å². The lowest BCUT2D eigenvalue weighted by atomic mass is 10.1. The van der Waals surface area contributed by atoms with Gasteiger partial charge in [0.25, 0.3) is 5.91 Å². The Morgan fingerprint density at radius 2 is 2.04 bits per heavy atom. The Morgan fingerprint density at radius 1 is 1.27 bits per heavy atom. The first kappa shape index (κ1) is 16.9. The summed E-state index contributed by atoms with van der Waals surface area (Å²) in [5.41, 5.74) is 1.36. The average Bonchev–Trinajstić information content (AvgIpc) is 3.29. The van der Waals surface area contributed by atoms with Gasteiger partial charge in [0, 0.05) is 25.2 Å². The summed E-state index contributed by atoms with van der Waals surface area (Å²) in [5.74, 6) is 0.388. The molecule has 2 aromatic heterocycles. The van der Waals surface area contributed by atoms with Crippen LogP contribution in [0.5, 0.6) is 0 Å². The van der Waals surface area contributed by atoms with Crippen LogP contribution in [0.3, 0.4) is 0 Å². The molecule has 0 aliphatic carbocycles. The van der Waals surface area contributed by atoms with Crippen molar-refractivity contribution in [1.82, 2.24) is 15.3 Å². The van der Waals surface area contributed by atoms with E-state index in [-0.39, 0.29) is 18.3 Å². The molecule has 0 saturated carbocycles. The molecular weight excluding hydrogens is 351 g/mol. The first-order chi connectivity index (χ1) is 12.6. The van der Waals surface area contributed by atoms with Crippen LogP contribution in [0.2, 0.25) is 0 Å². The van der Waals surface area contributed by atoms with E-state index in [1.807, 2.05) is 6.92 Å². The van der Waals surface area contributed by atoms with Crippen molar-refractivity contribution < 1.29 is 9.18 Å². The van der Waals surface area contributed by atoms with Crippen molar-refractivity contribution in [3.63, 3.8) is 0 Å². The maximum Gasteiger partial charge on any atom is 0.261 e. The van der Waals surface area contributed by atoms with Crippen LogP contribution in [0.1, 0.15) is 33.6 Å². The number of aryl methyl sites for hydroxylation is 1. The van der Waals surface area contributed by atoms with Gasteiger partial charge in [0.2, 0.25) is 0 Å². The van der Waals surface area contributed by atoms with Gasteiger partial charge in [-0.1, -0.05) is 18.2 Å². The molecule has 7 heteroatoms. The van der Waals surface area contributed by atoms with Crippen LogP contribution in [0.15, 0.2) is 30.6 Å². The normalized spacial score (nSPS) is 14.2. The third-order valence-electron chi connectivity index (χ3n) is 4.72. The quantitative estimate of drug-likeness (QED) is 0.761. The minimum Gasteiger partial charge on any atom is -0.356 e. The number of carbonyl (C=O) groups is 1. The molecule has 0 atom stereocenters.